The molecule has 0 bridgehead atoms. The van der Waals surface area contributed by atoms with Crippen LogP contribution in [-0.2, 0) is 16.6 Å². The summed E-state index contributed by atoms with van der Waals surface area (Å²) in [5.74, 6) is 0.266. The lowest BCUT2D eigenvalue weighted by molar-refractivity contribution is 0.157. The summed E-state index contributed by atoms with van der Waals surface area (Å²) in [4.78, 5) is 13.9. The molecule has 2 aromatic rings. The van der Waals surface area contributed by atoms with Crippen molar-refractivity contribution < 1.29 is 17.9 Å². The van der Waals surface area contributed by atoms with Crippen molar-refractivity contribution in [2.75, 3.05) is 19.6 Å². The van der Waals surface area contributed by atoms with Crippen LogP contribution in [0.15, 0.2) is 50.7 Å². The zero-order chi connectivity index (χ0) is 19.4. The number of likely N-dealkylation sites (tertiary alicyclic amines) is 1. The Hall–Kier alpha value is -2.16. The van der Waals surface area contributed by atoms with E-state index in [1.54, 1.807) is 24.3 Å². The number of nitrogens with one attached hydrogen (secondary N) is 1. The summed E-state index contributed by atoms with van der Waals surface area (Å²) >= 11 is 0. The van der Waals surface area contributed by atoms with Crippen LogP contribution in [-0.4, -0.2) is 38.1 Å². The molecule has 1 aromatic carbocycles. The van der Waals surface area contributed by atoms with Crippen molar-refractivity contribution in [2.45, 2.75) is 31.2 Å². The van der Waals surface area contributed by atoms with Gasteiger partial charge in [0.05, 0.1) is 11.4 Å². The van der Waals surface area contributed by atoms with Crippen LogP contribution in [0.4, 0.5) is 0 Å². The number of piperidine rings is 1. The SMILES string of the molecule is Cc1ccc(S(=O)(=O)NCC2CCCN(Cc3cc(=O)c(O)co3)C2)cc1. The van der Waals surface area contributed by atoms with Crippen molar-refractivity contribution in [3.8, 4) is 5.75 Å². The first-order chi connectivity index (χ1) is 12.8. The van der Waals surface area contributed by atoms with Crippen LogP contribution in [0, 0.1) is 12.8 Å². The Morgan fingerprint density at radius 2 is 2.04 bits per heavy atom. The molecule has 0 aliphatic carbocycles. The molecular formula is C19H24N2O5S. The maximum absolute atomic E-state index is 12.4. The fourth-order valence-corrected chi connectivity index (χ4v) is 4.35. The van der Waals surface area contributed by atoms with Gasteiger partial charge in [-0.25, -0.2) is 13.1 Å². The standard InChI is InChI=1S/C19H24N2O5S/c1-14-4-6-17(7-5-14)27(24,25)20-10-15-3-2-8-21(11-15)12-16-9-18(22)19(23)13-26-16/h4-7,9,13,15,20,23H,2-3,8,10-12H2,1H3. The van der Waals surface area contributed by atoms with Gasteiger partial charge in [-0.3, -0.25) is 9.69 Å². The van der Waals surface area contributed by atoms with Crippen LogP contribution in [0.2, 0.25) is 0 Å². The van der Waals surface area contributed by atoms with E-state index in [1.807, 2.05) is 6.92 Å². The highest BCUT2D eigenvalue weighted by molar-refractivity contribution is 7.89. The Labute approximate surface area is 158 Å². The summed E-state index contributed by atoms with van der Waals surface area (Å²) in [5, 5.41) is 9.26. The van der Waals surface area contributed by atoms with Gasteiger partial charge in [-0.15, -0.1) is 0 Å². The summed E-state index contributed by atoms with van der Waals surface area (Å²) in [6.07, 6.45) is 2.93. The normalized spacial score (nSPS) is 18.5. The predicted molar refractivity (Wildman–Crippen MR) is 101 cm³/mol. The Morgan fingerprint density at radius 1 is 1.30 bits per heavy atom. The first-order valence-corrected chi connectivity index (χ1v) is 10.4. The monoisotopic (exact) mass is 392 g/mol. The van der Waals surface area contributed by atoms with E-state index in [2.05, 4.69) is 9.62 Å². The number of benzene rings is 1. The van der Waals surface area contributed by atoms with E-state index in [0.717, 1.165) is 31.2 Å². The lowest BCUT2D eigenvalue weighted by atomic mass is 9.98. The van der Waals surface area contributed by atoms with E-state index in [1.165, 1.54) is 6.07 Å². The van der Waals surface area contributed by atoms with E-state index in [4.69, 9.17) is 4.42 Å². The molecule has 1 unspecified atom stereocenters. The van der Waals surface area contributed by atoms with Gasteiger partial charge in [0, 0.05) is 19.2 Å². The molecule has 1 saturated heterocycles. The lowest BCUT2D eigenvalue weighted by Gasteiger charge is -2.32. The van der Waals surface area contributed by atoms with Crippen LogP contribution in [0.1, 0.15) is 24.2 Å². The molecule has 146 valence electrons. The van der Waals surface area contributed by atoms with Crippen molar-refractivity contribution in [2.24, 2.45) is 5.92 Å². The molecule has 0 spiro atoms. The minimum Gasteiger partial charge on any atom is -0.502 e. The molecule has 0 saturated carbocycles. The minimum atomic E-state index is -3.52. The quantitative estimate of drug-likeness (QED) is 0.778. The van der Waals surface area contributed by atoms with Crippen molar-refractivity contribution in [3.63, 3.8) is 0 Å². The van der Waals surface area contributed by atoms with Gasteiger partial charge >= 0.3 is 0 Å². The molecule has 3 rings (SSSR count). The smallest absolute Gasteiger partial charge is 0.240 e. The molecule has 2 heterocycles. The molecule has 1 fully saturated rings. The fraction of sp³-hybridized carbons (Fsp3) is 0.421. The molecular weight excluding hydrogens is 368 g/mol. The van der Waals surface area contributed by atoms with Crippen molar-refractivity contribution in [1.29, 1.82) is 0 Å². The maximum atomic E-state index is 12.4. The van der Waals surface area contributed by atoms with E-state index < -0.39 is 21.2 Å². The van der Waals surface area contributed by atoms with E-state index in [9.17, 15) is 18.3 Å². The molecule has 0 radical (unpaired) electrons. The highest BCUT2D eigenvalue weighted by Crippen LogP contribution is 2.19. The highest BCUT2D eigenvalue weighted by atomic mass is 32.2. The van der Waals surface area contributed by atoms with Gasteiger partial charge in [-0.2, -0.15) is 0 Å². The minimum absolute atomic E-state index is 0.183. The Kier molecular flexibility index (Phi) is 5.98. The topological polar surface area (TPSA) is 99.9 Å². The van der Waals surface area contributed by atoms with Crippen LogP contribution >= 0.6 is 0 Å². The molecule has 1 aliphatic heterocycles. The Bertz CT molecular complexity index is 937. The summed E-state index contributed by atoms with van der Waals surface area (Å²) in [6.45, 7) is 4.30. The molecule has 27 heavy (non-hydrogen) atoms. The predicted octanol–water partition coefficient (Wildman–Crippen LogP) is 1.84. The zero-order valence-corrected chi connectivity index (χ0v) is 16.0. The summed E-state index contributed by atoms with van der Waals surface area (Å²) in [7, 11) is -3.52. The van der Waals surface area contributed by atoms with Gasteiger partial charge in [-0.05, 0) is 44.4 Å². The first-order valence-electron chi connectivity index (χ1n) is 8.93. The molecule has 1 aromatic heterocycles. The summed E-state index contributed by atoms with van der Waals surface area (Å²) in [6, 6.07) is 8.07. The largest absolute Gasteiger partial charge is 0.502 e. The first kappa shape index (κ1) is 19.6. The van der Waals surface area contributed by atoms with Crippen molar-refractivity contribution >= 4 is 10.0 Å². The number of aryl methyl sites for hydroxylation is 1. The maximum Gasteiger partial charge on any atom is 0.240 e. The third-order valence-electron chi connectivity index (χ3n) is 4.74. The van der Waals surface area contributed by atoms with Crippen LogP contribution in [0.25, 0.3) is 0 Å². The molecule has 7 nitrogen and oxygen atoms in total. The molecule has 1 aliphatic rings. The van der Waals surface area contributed by atoms with Crippen LogP contribution < -0.4 is 10.2 Å². The number of aromatic hydroxyl groups is 1. The third-order valence-corrected chi connectivity index (χ3v) is 6.18. The average Bonchev–Trinajstić information content (AvgIpc) is 2.64. The zero-order valence-electron chi connectivity index (χ0n) is 15.2. The Morgan fingerprint density at radius 3 is 2.74 bits per heavy atom. The number of hydrogen-bond acceptors (Lipinski definition) is 6. The van der Waals surface area contributed by atoms with Crippen LogP contribution in [0.3, 0.4) is 0 Å². The molecule has 8 heteroatoms. The molecule has 2 N–H and O–H groups in total. The fourth-order valence-electron chi connectivity index (χ4n) is 3.24. The number of sulfonamides is 1. The second-order valence-corrected chi connectivity index (χ2v) is 8.77. The van der Waals surface area contributed by atoms with Crippen molar-refractivity contribution in [1.82, 2.24) is 9.62 Å². The van der Waals surface area contributed by atoms with Gasteiger partial charge < -0.3 is 9.52 Å². The van der Waals surface area contributed by atoms with Gasteiger partial charge in [0.2, 0.25) is 15.5 Å². The van der Waals surface area contributed by atoms with Gasteiger partial charge in [0.25, 0.3) is 0 Å². The van der Waals surface area contributed by atoms with E-state index >= 15 is 0 Å². The highest BCUT2D eigenvalue weighted by Gasteiger charge is 2.23. The summed E-state index contributed by atoms with van der Waals surface area (Å²) < 4.78 is 32.8. The number of rotatable bonds is 6. The van der Waals surface area contributed by atoms with E-state index in [-0.39, 0.29) is 10.8 Å². The third kappa shape index (κ3) is 5.18. The summed E-state index contributed by atoms with van der Waals surface area (Å²) in [5.41, 5.74) is 0.549. The van der Waals surface area contributed by atoms with Gasteiger partial charge in [-0.1, -0.05) is 17.7 Å². The average molecular weight is 392 g/mol. The second kappa shape index (κ2) is 8.24. The van der Waals surface area contributed by atoms with Gasteiger partial charge in [0.15, 0.2) is 5.75 Å². The van der Waals surface area contributed by atoms with E-state index in [0.29, 0.717) is 25.4 Å². The number of nitrogens with zero attached hydrogens (tertiary/aromatic N) is 1. The Balaban J connectivity index is 1.57. The van der Waals surface area contributed by atoms with Gasteiger partial charge in [0.1, 0.15) is 12.0 Å². The van der Waals surface area contributed by atoms with Crippen LogP contribution in [0.5, 0.6) is 5.75 Å². The second-order valence-electron chi connectivity index (χ2n) is 7.00. The molecule has 1 atom stereocenters. The lowest BCUT2D eigenvalue weighted by Crippen LogP contribution is -2.40. The van der Waals surface area contributed by atoms with Crippen molar-refractivity contribution in [3.05, 3.63) is 58.1 Å². The molecule has 0 amide bonds. The number of hydrogen-bond donors (Lipinski definition) is 2.